The van der Waals surface area contributed by atoms with Crippen LogP contribution in [0.15, 0.2) is 12.1 Å². The number of carbonyl (C=O) groups excluding carboxylic acids is 1. The minimum absolute atomic E-state index is 0.204. The molecule has 3 N–H and O–H groups in total. The predicted molar refractivity (Wildman–Crippen MR) is 69.6 cm³/mol. The van der Waals surface area contributed by atoms with Crippen LogP contribution < -0.4 is 11.1 Å². The standard InChI is InChI=1S/C14H18F2N2O/c1-8-3-2-4-9(8)7-18-14(19)10-5-13(17)12(16)6-11(10)15/h5-6,8-9H,2-4,7,17H2,1H3,(H,18,19). The Bertz CT molecular complexity index is 491. The molecule has 3 nitrogen and oxygen atoms in total. The topological polar surface area (TPSA) is 55.1 Å². The van der Waals surface area contributed by atoms with Gasteiger partial charge in [-0.1, -0.05) is 19.8 Å². The third-order valence-corrected chi connectivity index (χ3v) is 3.89. The maximum Gasteiger partial charge on any atom is 0.254 e. The van der Waals surface area contributed by atoms with Crippen molar-refractivity contribution < 1.29 is 13.6 Å². The third-order valence-electron chi connectivity index (χ3n) is 3.89. The van der Waals surface area contributed by atoms with Crippen LogP contribution in [-0.4, -0.2) is 12.5 Å². The van der Waals surface area contributed by atoms with E-state index >= 15 is 0 Å². The number of anilines is 1. The lowest BCUT2D eigenvalue weighted by Gasteiger charge is -2.16. The molecule has 1 amide bonds. The first kappa shape index (κ1) is 13.8. The summed E-state index contributed by atoms with van der Waals surface area (Å²) in [6, 6.07) is 1.68. The van der Waals surface area contributed by atoms with E-state index in [1.165, 1.54) is 12.8 Å². The molecular formula is C14H18F2N2O. The number of hydrogen-bond donors (Lipinski definition) is 2. The second-order valence-electron chi connectivity index (χ2n) is 5.23. The molecule has 1 saturated carbocycles. The van der Waals surface area contributed by atoms with Gasteiger partial charge in [-0.05, 0) is 24.3 Å². The molecule has 0 saturated heterocycles. The fraction of sp³-hybridized carbons (Fsp3) is 0.500. The number of nitrogens with one attached hydrogen (secondary N) is 1. The average molecular weight is 268 g/mol. The van der Waals surface area contributed by atoms with Gasteiger partial charge in [-0.15, -0.1) is 0 Å². The molecule has 0 radical (unpaired) electrons. The summed E-state index contributed by atoms with van der Waals surface area (Å²) in [5.41, 5.74) is 4.92. The van der Waals surface area contributed by atoms with E-state index < -0.39 is 17.5 Å². The van der Waals surface area contributed by atoms with E-state index in [4.69, 9.17) is 5.73 Å². The van der Waals surface area contributed by atoms with Gasteiger partial charge in [0.25, 0.3) is 5.91 Å². The summed E-state index contributed by atoms with van der Waals surface area (Å²) >= 11 is 0. The van der Waals surface area contributed by atoms with Crippen LogP contribution in [0.2, 0.25) is 0 Å². The van der Waals surface area contributed by atoms with Crippen LogP contribution >= 0.6 is 0 Å². The third kappa shape index (κ3) is 3.03. The normalized spacial score (nSPS) is 22.5. The van der Waals surface area contributed by atoms with Gasteiger partial charge in [0.1, 0.15) is 11.6 Å². The van der Waals surface area contributed by atoms with Crippen LogP contribution in [-0.2, 0) is 0 Å². The molecule has 19 heavy (non-hydrogen) atoms. The van der Waals surface area contributed by atoms with E-state index in [0.29, 0.717) is 24.4 Å². The van der Waals surface area contributed by atoms with Crippen LogP contribution in [0.5, 0.6) is 0 Å². The van der Waals surface area contributed by atoms with Gasteiger partial charge in [0.2, 0.25) is 0 Å². The first-order chi connectivity index (χ1) is 8.99. The zero-order valence-electron chi connectivity index (χ0n) is 10.9. The maximum absolute atomic E-state index is 13.5. The Balaban J connectivity index is 2.02. The highest BCUT2D eigenvalue weighted by molar-refractivity contribution is 5.95. The lowest BCUT2D eigenvalue weighted by Crippen LogP contribution is -2.31. The summed E-state index contributed by atoms with van der Waals surface area (Å²) in [4.78, 5) is 11.9. The quantitative estimate of drug-likeness (QED) is 0.828. The highest BCUT2D eigenvalue weighted by Gasteiger charge is 2.24. The van der Waals surface area contributed by atoms with Gasteiger partial charge < -0.3 is 11.1 Å². The molecular weight excluding hydrogens is 250 g/mol. The highest BCUT2D eigenvalue weighted by atomic mass is 19.1. The van der Waals surface area contributed by atoms with Crippen molar-refractivity contribution in [3.8, 4) is 0 Å². The first-order valence-corrected chi connectivity index (χ1v) is 6.51. The summed E-state index contributed by atoms with van der Waals surface area (Å²) in [7, 11) is 0. The van der Waals surface area contributed by atoms with Gasteiger partial charge in [0.05, 0.1) is 11.3 Å². The lowest BCUT2D eigenvalue weighted by atomic mass is 9.98. The summed E-state index contributed by atoms with van der Waals surface area (Å²) < 4.78 is 26.5. The monoisotopic (exact) mass is 268 g/mol. The van der Waals surface area contributed by atoms with Crippen molar-refractivity contribution in [1.82, 2.24) is 5.32 Å². The zero-order valence-corrected chi connectivity index (χ0v) is 10.9. The summed E-state index contributed by atoms with van der Waals surface area (Å²) in [6.45, 7) is 2.68. The lowest BCUT2D eigenvalue weighted by molar-refractivity contribution is 0.0940. The van der Waals surface area contributed by atoms with Gasteiger partial charge in [0, 0.05) is 12.6 Å². The van der Waals surface area contributed by atoms with E-state index in [2.05, 4.69) is 12.2 Å². The minimum Gasteiger partial charge on any atom is -0.396 e. The van der Waals surface area contributed by atoms with Crippen molar-refractivity contribution >= 4 is 11.6 Å². The average Bonchev–Trinajstić information content (AvgIpc) is 2.76. The minimum atomic E-state index is -0.885. The highest BCUT2D eigenvalue weighted by Crippen LogP contribution is 2.30. The summed E-state index contributed by atoms with van der Waals surface area (Å²) in [5.74, 6) is -1.27. The Labute approximate surface area is 111 Å². The van der Waals surface area contributed by atoms with E-state index in [9.17, 15) is 13.6 Å². The SMILES string of the molecule is CC1CCCC1CNC(=O)c1cc(N)c(F)cc1F. The molecule has 1 aromatic rings. The van der Waals surface area contributed by atoms with Gasteiger partial charge in [-0.3, -0.25) is 4.79 Å². The van der Waals surface area contributed by atoms with Gasteiger partial charge in [-0.2, -0.15) is 0 Å². The molecule has 1 aliphatic rings. The first-order valence-electron chi connectivity index (χ1n) is 6.51. The van der Waals surface area contributed by atoms with Crippen LogP contribution in [0.1, 0.15) is 36.5 Å². The number of benzene rings is 1. The molecule has 2 unspecified atom stereocenters. The number of amides is 1. The Morgan fingerprint density at radius 3 is 2.74 bits per heavy atom. The number of rotatable bonds is 3. The van der Waals surface area contributed by atoms with Crippen molar-refractivity contribution in [3.63, 3.8) is 0 Å². The van der Waals surface area contributed by atoms with Gasteiger partial charge in [0.15, 0.2) is 0 Å². The Morgan fingerprint density at radius 1 is 1.37 bits per heavy atom. The Hall–Kier alpha value is -1.65. The van der Waals surface area contributed by atoms with Crippen molar-refractivity contribution in [3.05, 3.63) is 29.3 Å². The second kappa shape index (κ2) is 5.55. The van der Waals surface area contributed by atoms with Crippen molar-refractivity contribution in [2.24, 2.45) is 11.8 Å². The maximum atomic E-state index is 13.5. The second-order valence-corrected chi connectivity index (χ2v) is 5.23. The van der Waals surface area contributed by atoms with Crippen molar-refractivity contribution in [1.29, 1.82) is 0 Å². The Morgan fingerprint density at radius 2 is 2.11 bits per heavy atom. The molecule has 0 spiro atoms. The van der Waals surface area contributed by atoms with Gasteiger partial charge >= 0.3 is 0 Å². The molecule has 1 fully saturated rings. The molecule has 0 aliphatic heterocycles. The summed E-state index contributed by atoms with van der Waals surface area (Å²) in [5, 5.41) is 2.70. The fourth-order valence-corrected chi connectivity index (χ4v) is 2.58. The van der Waals surface area contributed by atoms with Crippen molar-refractivity contribution in [2.75, 3.05) is 12.3 Å². The molecule has 5 heteroatoms. The van der Waals surface area contributed by atoms with E-state index in [1.807, 2.05) is 0 Å². The molecule has 1 aromatic carbocycles. The van der Waals surface area contributed by atoms with Crippen LogP contribution in [0.25, 0.3) is 0 Å². The molecule has 1 aliphatic carbocycles. The molecule has 2 rings (SSSR count). The van der Waals surface area contributed by atoms with Crippen LogP contribution in [0, 0.1) is 23.5 Å². The van der Waals surface area contributed by atoms with E-state index in [1.54, 1.807) is 0 Å². The molecule has 0 aromatic heterocycles. The van der Waals surface area contributed by atoms with Crippen LogP contribution in [0.3, 0.4) is 0 Å². The number of hydrogen-bond acceptors (Lipinski definition) is 2. The zero-order chi connectivity index (χ0) is 14.0. The van der Waals surface area contributed by atoms with E-state index in [0.717, 1.165) is 12.5 Å². The number of nitrogens with two attached hydrogens (primary N) is 1. The van der Waals surface area contributed by atoms with Crippen molar-refractivity contribution in [2.45, 2.75) is 26.2 Å². The smallest absolute Gasteiger partial charge is 0.254 e. The molecule has 2 atom stereocenters. The van der Waals surface area contributed by atoms with Crippen LogP contribution in [0.4, 0.5) is 14.5 Å². The van der Waals surface area contributed by atoms with Gasteiger partial charge in [-0.25, -0.2) is 8.78 Å². The number of halogens is 2. The molecule has 0 bridgehead atoms. The fourth-order valence-electron chi connectivity index (χ4n) is 2.58. The molecule has 0 heterocycles. The summed E-state index contributed by atoms with van der Waals surface area (Å²) in [6.07, 6.45) is 3.41. The van der Waals surface area contributed by atoms with E-state index in [-0.39, 0.29) is 11.3 Å². The number of nitrogen functional groups attached to an aromatic ring is 1. The number of carbonyl (C=O) groups is 1. The predicted octanol–water partition coefficient (Wildman–Crippen LogP) is 2.71. The largest absolute Gasteiger partial charge is 0.396 e. The molecule has 104 valence electrons. The Kier molecular flexibility index (Phi) is 4.02.